The molecule has 0 bridgehead atoms. The molecule has 0 aliphatic heterocycles. The van der Waals surface area contributed by atoms with Gasteiger partial charge in [0.2, 0.25) is 5.91 Å². The SMILES string of the molecule is CCC(CC)(CN)C(=O)NC(C)c1ccccc1Br.Cl. The van der Waals surface area contributed by atoms with Crippen LogP contribution in [0.3, 0.4) is 0 Å². The quantitative estimate of drug-likeness (QED) is 0.807. The molecule has 0 spiro atoms. The molecule has 0 fully saturated rings. The van der Waals surface area contributed by atoms with Crippen molar-refractivity contribution in [3.8, 4) is 0 Å². The van der Waals surface area contributed by atoms with Crippen LogP contribution in [0.2, 0.25) is 0 Å². The molecular formula is C15H24BrClN2O. The van der Waals surface area contributed by atoms with Crippen molar-refractivity contribution in [2.24, 2.45) is 11.1 Å². The van der Waals surface area contributed by atoms with Crippen LogP contribution in [0.1, 0.15) is 45.2 Å². The minimum Gasteiger partial charge on any atom is -0.349 e. The van der Waals surface area contributed by atoms with Crippen molar-refractivity contribution in [2.45, 2.75) is 39.7 Å². The average Bonchev–Trinajstić information content (AvgIpc) is 2.41. The molecule has 3 N–H and O–H groups in total. The van der Waals surface area contributed by atoms with Gasteiger partial charge in [-0.05, 0) is 31.4 Å². The summed E-state index contributed by atoms with van der Waals surface area (Å²) in [6, 6.07) is 7.89. The molecule has 0 heterocycles. The zero-order valence-corrected chi connectivity index (χ0v) is 14.7. The summed E-state index contributed by atoms with van der Waals surface area (Å²) in [4.78, 5) is 12.4. The fourth-order valence-electron chi connectivity index (χ4n) is 2.21. The summed E-state index contributed by atoms with van der Waals surface area (Å²) in [7, 11) is 0. The minimum atomic E-state index is -0.449. The third-order valence-corrected chi connectivity index (χ3v) is 4.67. The molecule has 1 amide bonds. The first-order valence-electron chi connectivity index (χ1n) is 6.76. The van der Waals surface area contributed by atoms with E-state index in [-0.39, 0.29) is 24.4 Å². The van der Waals surface area contributed by atoms with Gasteiger partial charge in [-0.2, -0.15) is 0 Å². The second-order valence-electron chi connectivity index (χ2n) is 4.91. The normalized spacial score (nSPS) is 12.4. The van der Waals surface area contributed by atoms with Crippen LogP contribution in [0.4, 0.5) is 0 Å². The highest BCUT2D eigenvalue weighted by Crippen LogP contribution is 2.28. The van der Waals surface area contributed by atoms with Crippen molar-refractivity contribution in [1.29, 1.82) is 0 Å². The summed E-state index contributed by atoms with van der Waals surface area (Å²) in [6.07, 6.45) is 1.52. The molecule has 0 saturated heterocycles. The Morgan fingerprint density at radius 3 is 2.35 bits per heavy atom. The predicted octanol–water partition coefficient (Wildman–Crippen LogP) is 3.81. The Hall–Kier alpha value is -0.580. The molecule has 3 nitrogen and oxygen atoms in total. The van der Waals surface area contributed by atoms with Crippen LogP contribution < -0.4 is 11.1 Å². The van der Waals surface area contributed by atoms with E-state index in [1.54, 1.807) is 0 Å². The number of hydrogen-bond acceptors (Lipinski definition) is 2. The molecule has 0 aliphatic rings. The molecule has 0 saturated carbocycles. The van der Waals surface area contributed by atoms with Gasteiger partial charge in [0.05, 0.1) is 11.5 Å². The van der Waals surface area contributed by atoms with E-state index in [1.807, 2.05) is 45.0 Å². The monoisotopic (exact) mass is 362 g/mol. The third kappa shape index (κ3) is 4.21. The number of nitrogens with two attached hydrogens (primary N) is 1. The van der Waals surface area contributed by atoms with E-state index in [2.05, 4.69) is 21.2 Å². The van der Waals surface area contributed by atoms with E-state index in [1.165, 1.54) is 0 Å². The Kier molecular flexibility index (Phi) is 8.40. The van der Waals surface area contributed by atoms with Gasteiger partial charge in [0.25, 0.3) is 0 Å². The maximum atomic E-state index is 12.4. The number of carbonyl (C=O) groups excluding carboxylic acids is 1. The van der Waals surface area contributed by atoms with Crippen LogP contribution in [0.5, 0.6) is 0 Å². The highest BCUT2D eigenvalue weighted by molar-refractivity contribution is 9.10. The molecule has 0 aliphatic carbocycles. The van der Waals surface area contributed by atoms with Crippen LogP contribution in [-0.4, -0.2) is 12.5 Å². The minimum absolute atomic E-state index is 0. The second-order valence-corrected chi connectivity index (χ2v) is 5.76. The van der Waals surface area contributed by atoms with Crippen LogP contribution in [-0.2, 0) is 4.79 Å². The number of carbonyl (C=O) groups is 1. The number of benzene rings is 1. The molecule has 1 unspecified atom stereocenters. The Balaban J connectivity index is 0.00000361. The maximum Gasteiger partial charge on any atom is 0.227 e. The lowest BCUT2D eigenvalue weighted by Gasteiger charge is -2.30. The molecule has 1 aromatic carbocycles. The molecule has 114 valence electrons. The molecule has 0 radical (unpaired) electrons. The van der Waals surface area contributed by atoms with Gasteiger partial charge in [0, 0.05) is 11.0 Å². The lowest BCUT2D eigenvalue weighted by Crippen LogP contribution is -2.46. The van der Waals surface area contributed by atoms with Crippen molar-refractivity contribution >= 4 is 34.2 Å². The average molecular weight is 364 g/mol. The van der Waals surface area contributed by atoms with E-state index in [9.17, 15) is 4.79 Å². The lowest BCUT2D eigenvalue weighted by molar-refractivity contribution is -0.131. The number of nitrogens with one attached hydrogen (secondary N) is 1. The van der Waals surface area contributed by atoms with Crippen molar-refractivity contribution in [3.63, 3.8) is 0 Å². The van der Waals surface area contributed by atoms with Crippen molar-refractivity contribution < 1.29 is 4.79 Å². The van der Waals surface area contributed by atoms with E-state index in [0.29, 0.717) is 6.54 Å². The van der Waals surface area contributed by atoms with Crippen molar-refractivity contribution in [3.05, 3.63) is 34.3 Å². The number of halogens is 2. The van der Waals surface area contributed by atoms with Crippen LogP contribution in [0, 0.1) is 5.41 Å². The third-order valence-electron chi connectivity index (χ3n) is 3.95. The van der Waals surface area contributed by atoms with Crippen molar-refractivity contribution in [2.75, 3.05) is 6.54 Å². The summed E-state index contributed by atoms with van der Waals surface area (Å²) in [5.41, 5.74) is 6.43. The molecular weight excluding hydrogens is 340 g/mol. The summed E-state index contributed by atoms with van der Waals surface area (Å²) in [5.74, 6) is 0.0447. The summed E-state index contributed by atoms with van der Waals surface area (Å²) >= 11 is 3.51. The van der Waals surface area contributed by atoms with Crippen LogP contribution in [0.25, 0.3) is 0 Å². The summed E-state index contributed by atoms with van der Waals surface area (Å²) in [5, 5.41) is 3.08. The van der Waals surface area contributed by atoms with Gasteiger partial charge in [0.15, 0.2) is 0 Å². The summed E-state index contributed by atoms with van der Waals surface area (Å²) < 4.78 is 1.01. The molecule has 1 aromatic rings. The van der Waals surface area contributed by atoms with Gasteiger partial charge >= 0.3 is 0 Å². The largest absolute Gasteiger partial charge is 0.349 e. The Bertz CT molecular complexity index is 427. The highest BCUT2D eigenvalue weighted by atomic mass is 79.9. The van der Waals surface area contributed by atoms with E-state index in [4.69, 9.17) is 5.73 Å². The zero-order chi connectivity index (χ0) is 14.5. The molecule has 1 atom stereocenters. The first-order chi connectivity index (χ1) is 9.00. The maximum absolute atomic E-state index is 12.4. The number of rotatable bonds is 6. The molecule has 20 heavy (non-hydrogen) atoms. The van der Waals surface area contributed by atoms with Gasteiger partial charge in [-0.3, -0.25) is 4.79 Å². The van der Waals surface area contributed by atoms with Gasteiger partial charge in [-0.15, -0.1) is 12.4 Å². The van der Waals surface area contributed by atoms with Crippen LogP contribution in [0.15, 0.2) is 28.7 Å². The molecule has 0 aromatic heterocycles. The summed E-state index contributed by atoms with van der Waals surface area (Å²) in [6.45, 7) is 6.40. The van der Waals surface area contributed by atoms with Crippen LogP contribution >= 0.6 is 28.3 Å². The lowest BCUT2D eigenvalue weighted by atomic mass is 9.81. The van der Waals surface area contributed by atoms with E-state index in [0.717, 1.165) is 22.9 Å². The molecule has 1 rings (SSSR count). The van der Waals surface area contributed by atoms with Gasteiger partial charge in [-0.1, -0.05) is 48.0 Å². The topological polar surface area (TPSA) is 55.1 Å². The van der Waals surface area contributed by atoms with Crippen molar-refractivity contribution in [1.82, 2.24) is 5.32 Å². The van der Waals surface area contributed by atoms with E-state index < -0.39 is 5.41 Å². The molecule has 5 heteroatoms. The Morgan fingerprint density at radius 1 is 1.35 bits per heavy atom. The number of amides is 1. The fourth-order valence-corrected chi connectivity index (χ4v) is 2.83. The number of hydrogen-bond donors (Lipinski definition) is 2. The second kappa shape index (κ2) is 8.65. The van der Waals surface area contributed by atoms with Gasteiger partial charge in [0.1, 0.15) is 0 Å². The standard InChI is InChI=1S/C15H23BrN2O.ClH/c1-4-15(5-2,10-17)14(19)18-11(3)12-8-6-7-9-13(12)16;/h6-9,11H,4-5,10,17H2,1-3H3,(H,18,19);1H. The van der Waals surface area contributed by atoms with Gasteiger partial charge < -0.3 is 11.1 Å². The zero-order valence-electron chi connectivity index (χ0n) is 12.3. The van der Waals surface area contributed by atoms with E-state index >= 15 is 0 Å². The van der Waals surface area contributed by atoms with Gasteiger partial charge in [-0.25, -0.2) is 0 Å². The Labute approximate surface area is 136 Å². The highest BCUT2D eigenvalue weighted by Gasteiger charge is 2.34. The first-order valence-corrected chi connectivity index (χ1v) is 7.55. The fraction of sp³-hybridized carbons (Fsp3) is 0.533. The Morgan fingerprint density at radius 2 is 1.90 bits per heavy atom. The first kappa shape index (κ1) is 19.4. The predicted molar refractivity (Wildman–Crippen MR) is 90.0 cm³/mol. The smallest absolute Gasteiger partial charge is 0.227 e.